The number of piperidine rings is 1. The first-order valence-corrected chi connectivity index (χ1v) is 10.9. The number of aryl methyl sites for hydroxylation is 2. The van der Waals surface area contributed by atoms with Crippen LogP contribution in [0.15, 0.2) is 40.3 Å². The molecule has 0 atom stereocenters. The summed E-state index contributed by atoms with van der Waals surface area (Å²) in [5.74, 6) is 2.27. The van der Waals surface area contributed by atoms with E-state index in [0.717, 1.165) is 60.5 Å². The molecule has 0 amide bonds. The van der Waals surface area contributed by atoms with E-state index in [-0.39, 0.29) is 5.56 Å². The van der Waals surface area contributed by atoms with Crippen LogP contribution in [0.2, 0.25) is 0 Å². The Morgan fingerprint density at radius 2 is 1.86 bits per heavy atom. The SMILES string of the molecule is CSc1nc(C)cc(N2CCC(Cn3c(C)nc4ccccc4c3=O)CC2)n1. The van der Waals surface area contributed by atoms with Crippen molar-refractivity contribution in [3.8, 4) is 0 Å². The summed E-state index contributed by atoms with van der Waals surface area (Å²) in [6.45, 7) is 6.57. The molecule has 146 valence electrons. The third-order valence-corrected chi connectivity index (χ3v) is 5.98. The second kappa shape index (κ2) is 7.91. The average Bonchev–Trinajstić information content (AvgIpc) is 2.71. The van der Waals surface area contributed by atoms with Crippen LogP contribution in [0.5, 0.6) is 0 Å². The number of fused-ring (bicyclic) bond motifs is 1. The molecule has 0 spiro atoms. The molecule has 1 aliphatic rings. The zero-order chi connectivity index (χ0) is 19.7. The number of para-hydroxylation sites is 1. The highest BCUT2D eigenvalue weighted by Crippen LogP contribution is 2.25. The van der Waals surface area contributed by atoms with E-state index in [4.69, 9.17) is 0 Å². The molecule has 0 aliphatic carbocycles. The lowest BCUT2D eigenvalue weighted by Gasteiger charge is -2.33. The average molecular weight is 396 g/mol. The maximum absolute atomic E-state index is 12.9. The van der Waals surface area contributed by atoms with E-state index in [0.29, 0.717) is 11.3 Å². The maximum Gasteiger partial charge on any atom is 0.261 e. The van der Waals surface area contributed by atoms with E-state index in [1.54, 1.807) is 11.8 Å². The Kier molecular flexibility index (Phi) is 5.35. The quantitative estimate of drug-likeness (QED) is 0.498. The lowest BCUT2D eigenvalue weighted by Crippen LogP contribution is -2.37. The van der Waals surface area contributed by atoms with Gasteiger partial charge in [0.05, 0.1) is 10.9 Å². The highest BCUT2D eigenvalue weighted by molar-refractivity contribution is 7.98. The molecule has 2 aromatic heterocycles. The number of anilines is 1. The zero-order valence-corrected chi connectivity index (χ0v) is 17.4. The number of thioether (sulfide) groups is 1. The fraction of sp³-hybridized carbons (Fsp3) is 0.429. The highest BCUT2D eigenvalue weighted by Gasteiger charge is 2.22. The molecule has 4 rings (SSSR count). The van der Waals surface area contributed by atoms with Crippen molar-refractivity contribution in [3.63, 3.8) is 0 Å². The van der Waals surface area contributed by atoms with Gasteiger partial charge in [0.15, 0.2) is 5.16 Å². The molecule has 0 N–H and O–H groups in total. The molecule has 3 heterocycles. The van der Waals surface area contributed by atoms with E-state index in [1.807, 2.05) is 48.9 Å². The Labute approximate surface area is 169 Å². The second-order valence-electron chi connectivity index (χ2n) is 7.38. The van der Waals surface area contributed by atoms with Crippen molar-refractivity contribution in [3.05, 3.63) is 52.2 Å². The molecular formula is C21H25N5OS. The predicted molar refractivity (Wildman–Crippen MR) is 114 cm³/mol. The second-order valence-corrected chi connectivity index (χ2v) is 8.15. The van der Waals surface area contributed by atoms with Crippen LogP contribution in [0.4, 0.5) is 5.82 Å². The first-order valence-electron chi connectivity index (χ1n) is 9.66. The van der Waals surface area contributed by atoms with Gasteiger partial charge in [-0.05, 0) is 51.0 Å². The summed E-state index contributed by atoms with van der Waals surface area (Å²) >= 11 is 1.57. The van der Waals surface area contributed by atoms with Gasteiger partial charge >= 0.3 is 0 Å². The Morgan fingerprint density at radius 1 is 1.11 bits per heavy atom. The topological polar surface area (TPSA) is 63.9 Å². The van der Waals surface area contributed by atoms with Crippen molar-refractivity contribution in [1.82, 2.24) is 19.5 Å². The minimum Gasteiger partial charge on any atom is -0.356 e. The number of aromatic nitrogens is 4. The lowest BCUT2D eigenvalue weighted by atomic mass is 9.96. The third kappa shape index (κ3) is 3.76. The van der Waals surface area contributed by atoms with E-state index < -0.39 is 0 Å². The molecule has 28 heavy (non-hydrogen) atoms. The third-order valence-electron chi connectivity index (χ3n) is 5.43. The minimum absolute atomic E-state index is 0.0709. The maximum atomic E-state index is 12.9. The largest absolute Gasteiger partial charge is 0.356 e. The molecule has 3 aromatic rings. The van der Waals surface area contributed by atoms with Gasteiger partial charge in [-0.25, -0.2) is 15.0 Å². The van der Waals surface area contributed by atoms with Crippen molar-refractivity contribution in [2.24, 2.45) is 5.92 Å². The Bertz CT molecular complexity index is 1060. The summed E-state index contributed by atoms with van der Waals surface area (Å²) in [6.07, 6.45) is 4.08. The zero-order valence-electron chi connectivity index (χ0n) is 16.6. The van der Waals surface area contributed by atoms with Crippen LogP contribution < -0.4 is 10.5 Å². The van der Waals surface area contributed by atoms with Gasteiger partial charge in [-0.3, -0.25) is 9.36 Å². The van der Waals surface area contributed by atoms with E-state index in [9.17, 15) is 4.79 Å². The van der Waals surface area contributed by atoms with E-state index in [2.05, 4.69) is 25.9 Å². The van der Waals surface area contributed by atoms with Crippen LogP contribution in [-0.2, 0) is 6.54 Å². The van der Waals surface area contributed by atoms with Crippen LogP contribution in [0.25, 0.3) is 10.9 Å². The summed E-state index contributed by atoms with van der Waals surface area (Å²) in [5, 5.41) is 1.52. The summed E-state index contributed by atoms with van der Waals surface area (Å²) in [6, 6.07) is 9.65. The molecule has 1 fully saturated rings. The van der Waals surface area contributed by atoms with Crippen LogP contribution in [-0.4, -0.2) is 38.9 Å². The molecule has 1 aliphatic heterocycles. The first-order chi connectivity index (χ1) is 13.5. The molecule has 6 nitrogen and oxygen atoms in total. The van der Waals surface area contributed by atoms with Crippen molar-refractivity contribution < 1.29 is 0 Å². The first kappa shape index (κ1) is 18.9. The van der Waals surface area contributed by atoms with Gasteiger partial charge < -0.3 is 4.90 Å². The molecule has 0 saturated carbocycles. The number of rotatable bonds is 4. The number of benzene rings is 1. The van der Waals surface area contributed by atoms with Crippen LogP contribution in [0.1, 0.15) is 24.4 Å². The van der Waals surface area contributed by atoms with Gasteiger partial charge in [0, 0.05) is 31.4 Å². The van der Waals surface area contributed by atoms with Crippen molar-refractivity contribution in [1.29, 1.82) is 0 Å². The minimum atomic E-state index is 0.0709. The molecular weight excluding hydrogens is 370 g/mol. The van der Waals surface area contributed by atoms with E-state index in [1.165, 1.54) is 0 Å². The molecule has 1 aromatic carbocycles. The van der Waals surface area contributed by atoms with Crippen LogP contribution in [0, 0.1) is 19.8 Å². The number of hydrogen-bond donors (Lipinski definition) is 0. The van der Waals surface area contributed by atoms with Crippen LogP contribution >= 0.6 is 11.8 Å². The van der Waals surface area contributed by atoms with Crippen molar-refractivity contribution in [2.75, 3.05) is 24.2 Å². The monoisotopic (exact) mass is 395 g/mol. The van der Waals surface area contributed by atoms with E-state index >= 15 is 0 Å². The summed E-state index contributed by atoms with van der Waals surface area (Å²) in [7, 11) is 0. The number of nitrogens with zero attached hydrogens (tertiary/aromatic N) is 5. The number of hydrogen-bond acceptors (Lipinski definition) is 6. The van der Waals surface area contributed by atoms with Gasteiger partial charge in [-0.1, -0.05) is 23.9 Å². The molecule has 7 heteroatoms. The molecule has 0 bridgehead atoms. The van der Waals surface area contributed by atoms with Crippen molar-refractivity contribution in [2.45, 2.75) is 38.4 Å². The fourth-order valence-corrected chi connectivity index (χ4v) is 4.30. The molecule has 0 radical (unpaired) electrons. The molecule has 1 saturated heterocycles. The highest BCUT2D eigenvalue weighted by atomic mass is 32.2. The van der Waals surface area contributed by atoms with Gasteiger partial charge in [0.25, 0.3) is 5.56 Å². The Morgan fingerprint density at radius 3 is 2.61 bits per heavy atom. The Balaban J connectivity index is 1.49. The normalized spacial score (nSPS) is 15.3. The lowest BCUT2D eigenvalue weighted by molar-refractivity contribution is 0.347. The van der Waals surface area contributed by atoms with Crippen molar-refractivity contribution >= 4 is 28.5 Å². The van der Waals surface area contributed by atoms with Gasteiger partial charge in [0.1, 0.15) is 11.6 Å². The smallest absolute Gasteiger partial charge is 0.261 e. The van der Waals surface area contributed by atoms with Gasteiger partial charge in [0.2, 0.25) is 0 Å². The Hall–Kier alpha value is -2.41. The van der Waals surface area contributed by atoms with Gasteiger partial charge in [-0.2, -0.15) is 0 Å². The fourth-order valence-electron chi connectivity index (χ4n) is 3.88. The predicted octanol–water partition coefficient (Wildman–Crippen LogP) is 3.44. The summed E-state index contributed by atoms with van der Waals surface area (Å²) in [5.41, 5.74) is 1.85. The molecule has 0 unspecified atom stereocenters. The summed E-state index contributed by atoms with van der Waals surface area (Å²) < 4.78 is 1.85. The van der Waals surface area contributed by atoms with Crippen LogP contribution in [0.3, 0.4) is 0 Å². The summed E-state index contributed by atoms with van der Waals surface area (Å²) in [4.78, 5) is 29.0. The van der Waals surface area contributed by atoms with Gasteiger partial charge in [-0.15, -0.1) is 0 Å². The standard InChI is InChI=1S/C21H25N5OS/c1-14-12-19(24-21(22-14)28-3)25-10-8-16(9-11-25)13-26-15(2)23-18-7-5-4-6-17(18)20(26)27/h4-7,12,16H,8-11,13H2,1-3H3.